The summed E-state index contributed by atoms with van der Waals surface area (Å²) in [6, 6.07) is 15.2. The molecule has 2 atom stereocenters. The van der Waals surface area contributed by atoms with Crippen molar-refractivity contribution in [3.8, 4) is 11.3 Å². The summed E-state index contributed by atoms with van der Waals surface area (Å²) >= 11 is 0. The van der Waals surface area contributed by atoms with E-state index in [-0.39, 0.29) is 23.9 Å². The molecule has 12 nitrogen and oxygen atoms in total. The Kier molecular flexibility index (Phi) is 10.3. The number of amides is 1. The fraction of sp³-hybridized carbons (Fsp3) is 0.368. The molecule has 0 unspecified atom stereocenters. The third-order valence-corrected chi connectivity index (χ3v) is 8.95. The van der Waals surface area contributed by atoms with E-state index in [1.165, 1.54) is 0 Å². The number of aromatic nitrogens is 5. The highest BCUT2D eigenvalue weighted by atomic mass is 19.1. The van der Waals surface area contributed by atoms with Crippen molar-refractivity contribution in [3.63, 3.8) is 0 Å². The van der Waals surface area contributed by atoms with Crippen LogP contribution in [0.25, 0.3) is 27.7 Å². The Labute approximate surface area is 296 Å². The summed E-state index contributed by atoms with van der Waals surface area (Å²) in [6.45, 7) is 15.2. The molecule has 13 heteroatoms. The molecule has 4 N–H and O–H groups in total. The van der Waals surface area contributed by atoms with E-state index in [0.29, 0.717) is 42.9 Å². The third-order valence-electron chi connectivity index (χ3n) is 8.95. The minimum Gasteiger partial charge on any atom is -0.460 e. The van der Waals surface area contributed by atoms with Gasteiger partial charge < -0.3 is 26.0 Å². The molecule has 0 bridgehead atoms. The maximum Gasteiger partial charge on any atom is 0.311 e. The van der Waals surface area contributed by atoms with Gasteiger partial charge in [-0.05, 0) is 68.8 Å². The average Bonchev–Trinajstić information content (AvgIpc) is 3.54. The van der Waals surface area contributed by atoms with Gasteiger partial charge >= 0.3 is 5.97 Å². The molecular weight excluding hydrogens is 649 g/mol. The molecule has 3 aromatic heterocycles. The van der Waals surface area contributed by atoms with E-state index in [1.807, 2.05) is 63.4 Å². The van der Waals surface area contributed by atoms with Gasteiger partial charge in [-0.25, -0.2) is 4.39 Å². The number of hydrogen-bond donors (Lipinski definition) is 4. The molecule has 51 heavy (non-hydrogen) atoms. The molecule has 0 saturated carbocycles. The largest absolute Gasteiger partial charge is 0.460 e. The Bertz CT molecular complexity index is 2090. The fourth-order valence-corrected chi connectivity index (χ4v) is 6.04. The van der Waals surface area contributed by atoms with E-state index >= 15 is 0 Å². The molecule has 5 aromatic rings. The van der Waals surface area contributed by atoms with Crippen molar-refractivity contribution >= 4 is 45.9 Å². The van der Waals surface area contributed by atoms with Crippen molar-refractivity contribution in [2.45, 2.75) is 59.6 Å². The van der Waals surface area contributed by atoms with E-state index in [0.717, 1.165) is 46.1 Å². The van der Waals surface area contributed by atoms with Crippen LogP contribution in [0.15, 0.2) is 73.3 Å². The van der Waals surface area contributed by atoms with Crippen LogP contribution in [0.2, 0.25) is 0 Å². The second kappa shape index (κ2) is 14.8. The topological polar surface area (TPSA) is 147 Å². The maximum atomic E-state index is 13.3. The fourth-order valence-electron chi connectivity index (χ4n) is 6.04. The van der Waals surface area contributed by atoms with Crippen LogP contribution in [0.5, 0.6) is 0 Å². The van der Waals surface area contributed by atoms with Gasteiger partial charge in [-0.1, -0.05) is 50.8 Å². The zero-order valence-electron chi connectivity index (χ0n) is 29.6. The van der Waals surface area contributed by atoms with Gasteiger partial charge in [0, 0.05) is 53.9 Å². The number of ether oxygens (including phenoxy) is 1. The molecule has 266 valence electrons. The number of rotatable bonds is 11. The number of anilines is 3. The molecule has 1 fully saturated rings. The molecule has 1 aliphatic heterocycles. The Hall–Kier alpha value is -5.43. The number of pyridine rings is 1. The third kappa shape index (κ3) is 7.99. The normalized spacial score (nSPS) is 16.3. The van der Waals surface area contributed by atoms with Crippen LogP contribution in [0.1, 0.15) is 58.1 Å². The van der Waals surface area contributed by atoms with Gasteiger partial charge in [-0.2, -0.15) is 19.6 Å². The smallest absolute Gasteiger partial charge is 0.311 e. The lowest BCUT2D eigenvalue weighted by Gasteiger charge is -2.33. The standard InChI is InChI=1S/C38H44FN9O3/c1-22(2)30-20-44-48-33(30)46-36(42-19-26-13-15-40-21-31(26)51-35(50)38(4,5)6)47-37(48)43-18-25-9-7-8-10-28(25)32-29-12-11-27(45-34(49)23(3)39)17-24(29)14-16-41-32/h7-12,14,16-17,20,22,26,31,40H,3,13,15,18-19,21H2,1-2,4-6H3,(H,45,49)(H2,42,43,46,47)/t26-,31+/m1/s1. The van der Waals surface area contributed by atoms with Gasteiger partial charge in [0.1, 0.15) is 6.10 Å². The number of nitrogens with one attached hydrogen (secondary N) is 4. The molecule has 1 amide bonds. The summed E-state index contributed by atoms with van der Waals surface area (Å²) < 4.78 is 21.0. The van der Waals surface area contributed by atoms with Crippen LogP contribution in [0, 0.1) is 11.3 Å². The van der Waals surface area contributed by atoms with Crippen LogP contribution in [-0.2, 0) is 20.9 Å². The van der Waals surface area contributed by atoms with Crippen LogP contribution in [0.3, 0.4) is 0 Å². The minimum absolute atomic E-state index is 0.0823. The second-order valence-corrected chi connectivity index (χ2v) is 14.2. The number of nitrogens with zero attached hydrogens (tertiary/aromatic N) is 5. The highest BCUT2D eigenvalue weighted by molar-refractivity contribution is 6.04. The van der Waals surface area contributed by atoms with Crippen LogP contribution in [-0.4, -0.2) is 62.2 Å². The second-order valence-electron chi connectivity index (χ2n) is 14.2. The van der Waals surface area contributed by atoms with E-state index in [1.54, 1.807) is 22.8 Å². The highest BCUT2D eigenvalue weighted by Crippen LogP contribution is 2.32. The lowest BCUT2D eigenvalue weighted by atomic mass is 9.93. The number of halogens is 1. The first-order chi connectivity index (χ1) is 24.4. The number of fused-ring (bicyclic) bond motifs is 2. The predicted molar refractivity (Wildman–Crippen MR) is 197 cm³/mol. The van der Waals surface area contributed by atoms with E-state index < -0.39 is 17.1 Å². The average molecular weight is 694 g/mol. The SMILES string of the molecule is C=C(F)C(=O)Nc1ccc2c(-c3ccccc3CNc3nc(NC[C@H]4CCNC[C@@H]4OC(=O)C(C)(C)C)nc4c(C(C)C)cnn34)nccc2c1. The quantitative estimate of drug-likeness (QED) is 0.0896. The molecular formula is C38H44FN9O3. The minimum atomic E-state index is -1.05. The predicted octanol–water partition coefficient (Wildman–Crippen LogP) is 6.48. The van der Waals surface area contributed by atoms with E-state index in [2.05, 4.69) is 46.8 Å². The van der Waals surface area contributed by atoms with E-state index in [9.17, 15) is 14.0 Å². The van der Waals surface area contributed by atoms with Crippen LogP contribution < -0.4 is 21.3 Å². The van der Waals surface area contributed by atoms with Crippen molar-refractivity contribution in [3.05, 3.63) is 84.5 Å². The van der Waals surface area contributed by atoms with Crippen molar-refractivity contribution in [2.24, 2.45) is 11.3 Å². The molecule has 1 aliphatic rings. The monoisotopic (exact) mass is 693 g/mol. The molecule has 0 spiro atoms. The molecule has 0 radical (unpaired) electrons. The number of hydrogen-bond acceptors (Lipinski definition) is 10. The lowest BCUT2D eigenvalue weighted by molar-refractivity contribution is -0.162. The summed E-state index contributed by atoms with van der Waals surface area (Å²) in [5.41, 5.74) is 4.22. The summed E-state index contributed by atoms with van der Waals surface area (Å²) in [5, 5.41) is 19.1. The molecule has 2 aromatic carbocycles. The number of esters is 1. The van der Waals surface area contributed by atoms with Gasteiger partial charge in [-0.3, -0.25) is 14.6 Å². The summed E-state index contributed by atoms with van der Waals surface area (Å²) in [5.74, 6) is -0.914. The molecule has 6 rings (SSSR count). The van der Waals surface area contributed by atoms with Crippen molar-refractivity contribution in [1.82, 2.24) is 29.9 Å². The Morgan fingerprint density at radius 2 is 1.92 bits per heavy atom. The van der Waals surface area contributed by atoms with Crippen LogP contribution >= 0.6 is 0 Å². The van der Waals surface area contributed by atoms with Gasteiger partial charge in [0.2, 0.25) is 11.9 Å². The van der Waals surface area contributed by atoms with Crippen molar-refractivity contribution in [2.75, 3.05) is 35.6 Å². The first-order valence-corrected chi connectivity index (χ1v) is 17.2. The summed E-state index contributed by atoms with van der Waals surface area (Å²) in [6.07, 6.45) is 4.11. The van der Waals surface area contributed by atoms with Crippen LogP contribution in [0.4, 0.5) is 22.0 Å². The van der Waals surface area contributed by atoms with E-state index in [4.69, 9.17) is 19.7 Å². The van der Waals surface area contributed by atoms with Gasteiger partial charge in [0.15, 0.2) is 11.5 Å². The van der Waals surface area contributed by atoms with Crippen molar-refractivity contribution in [1.29, 1.82) is 0 Å². The Morgan fingerprint density at radius 3 is 2.69 bits per heavy atom. The zero-order chi connectivity index (χ0) is 36.3. The van der Waals surface area contributed by atoms with Crippen molar-refractivity contribution < 1.29 is 18.7 Å². The van der Waals surface area contributed by atoms with Gasteiger partial charge in [0.25, 0.3) is 5.91 Å². The first-order valence-electron chi connectivity index (χ1n) is 17.2. The Morgan fingerprint density at radius 1 is 1.12 bits per heavy atom. The Balaban J connectivity index is 1.26. The number of piperidine rings is 1. The highest BCUT2D eigenvalue weighted by Gasteiger charge is 2.32. The van der Waals surface area contributed by atoms with Gasteiger partial charge in [0.05, 0.1) is 17.3 Å². The first kappa shape index (κ1) is 35.4. The summed E-state index contributed by atoms with van der Waals surface area (Å²) in [4.78, 5) is 39.0. The molecule has 1 saturated heterocycles. The summed E-state index contributed by atoms with van der Waals surface area (Å²) in [7, 11) is 0. The number of carbonyl (C=O) groups excluding carboxylic acids is 2. The molecule has 4 heterocycles. The van der Waals surface area contributed by atoms with Gasteiger partial charge in [-0.15, -0.1) is 0 Å². The number of benzene rings is 2. The molecule has 0 aliphatic carbocycles. The maximum absolute atomic E-state index is 13.3. The lowest BCUT2D eigenvalue weighted by Crippen LogP contribution is -2.47. The number of carbonyl (C=O) groups is 2. The zero-order valence-corrected chi connectivity index (χ0v) is 29.6.